The van der Waals surface area contributed by atoms with Gasteiger partial charge in [0.15, 0.2) is 0 Å². The zero-order valence-electron chi connectivity index (χ0n) is 11.5. The number of fused-ring (bicyclic) bond motifs is 1. The van der Waals surface area contributed by atoms with Crippen molar-refractivity contribution in [1.29, 1.82) is 0 Å². The van der Waals surface area contributed by atoms with Crippen LogP contribution >= 0.6 is 11.8 Å². The summed E-state index contributed by atoms with van der Waals surface area (Å²) < 4.78 is 0. The number of hydrogen-bond donors (Lipinski definition) is 2. The van der Waals surface area contributed by atoms with Crippen molar-refractivity contribution in [3.05, 3.63) is 10.6 Å². The fraction of sp³-hybridized carbons (Fsp3) is 0.615. The third kappa shape index (κ3) is 3.91. The summed E-state index contributed by atoms with van der Waals surface area (Å²) in [6.45, 7) is 3.88. The second-order valence-corrected chi connectivity index (χ2v) is 6.09. The fourth-order valence-corrected chi connectivity index (χ4v) is 3.79. The standard InChI is InChI=1S/C13H18N2O4S.K.H/c1-3-8-9-6-10(20-5-4-14-7(2)16)11(13(18)19)15(9)12(8)17;;/h8-9H,3-6H2,1-2H3,(H,14,16)(H,18,19);;/t8-,9-;;/m0../s1. The molecule has 2 aliphatic rings. The summed E-state index contributed by atoms with van der Waals surface area (Å²) in [5, 5.41) is 12.0. The maximum atomic E-state index is 11.9. The van der Waals surface area contributed by atoms with Gasteiger partial charge in [0.1, 0.15) is 5.70 Å². The number of amides is 2. The molecule has 0 saturated carbocycles. The van der Waals surface area contributed by atoms with Gasteiger partial charge < -0.3 is 15.3 Å². The van der Waals surface area contributed by atoms with Crippen molar-refractivity contribution >= 4 is 80.9 Å². The topological polar surface area (TPSA) is 86.7 Å². The number of nitrogens with one attached hydrogen (secondary N) is 1. The Kier molecular flexibility index (Phi) is 7.42. The van der Waals surface area contributed by atoms with E-state index in [4.69, 9.17) is 0 Å². The van der Waals surface area contributed by atoms with E-state index in [9.17, 15) is 19.5 Å². The molecule has 0 aliphatic carbocycles. The molecule has 0 spiro atoms. The van der Waals surface area contributed by atoms with Crippen LogP contribution in [0.4, 0.5) is 0 Å². The Morgan fingerprint density at radius 3 is 2.67 bits per heavy atom. The van der Waals surface area contributed by atoms with E-state index in [1.54, 1.807) is 0 Å². The number of nitrogens with zero attached hydrogens (tertiary/aromatic N) is 1. The number of carboxylic acids is 1. The van der Waals surface area contributed by atoms with Crippen LogP contribution in [-0.4, -0.2) is 97.5 Å². The predicted octanol–water partition coefficient (Wildman–Crippen LogP) is 0.144. The van der Waals surface area contributed by atoms with Crippen LogP contribution in [0.2, 0.25) is 0 Å². The summed E-state index contributed by atoms with van der Waals surface area (Å²) in [6, 6.07) is 0.0156. The fourth-order valence-electron chi connectivity index (χ4n) is 2.73. The molecule has 8 heteroatoms. The molecule has 2 atom stereocenters. The molecule has 21 heavy (non-hydrogen) atoms. The zero-order chi connectivity index (χ0) is 14.9. The first-order chi connectivity index (χ1) is 9.47. The Balaban J connectivity index is 0.00000220. The third-order valence-corrected chi connectivity index (χ3v) is 4.76. The van der Waals surface area contributed by atoms with Crippen molar-refractivity contribution in [3.63, 3.8) is 0 Å². The molecule has 2 N–H and O–H groups in total. The summed E-state index contributed by atoms with van der Waals surface area (Å²) in [6.07, 6.45) is 1.37. The van der Waals surface area contributed by atoms with Gasteiger partial charge in [0.25, 0.3) is 0 Å². The molecule has 2 aliphatic heterocycles. The number of β-lactam (4-membered cyclic amide) rings is 1. The van der Waals surface area contributed by atoms with E-state index in [1.807, 2.05) is 6.92 Å². The van der Waals surface area contributed by atoms with Crippen LogP contribution < -0.4 is 5.32 Å². The van der Waals surface area contributed by atoms with Gasteiger partial charge in [-0.15, -0.1) is 11.8 Å². The quantitative estimate of drug-likeness (QED) is 0.409. The van der Waals surface area contributed by atoms with Crippen LogP contribution in [0.5, 0.6) is 0 Å². The average molecular weight is 338 g/mol. The number of hydrogen-bond acceptors (Lipinski definition) is 4. The van der Waals surface area contributed by atoms with E-state index in [0.29, 0.717) is 18.7 Å². The van der Waals surface area contributed by atoms with Crippen molar-refractivity contribution in [1.82, 2.24) is 10.2 Å². The molecule has 0 aromatic heterocycles. The molecule has 0 unspecified atom stereocenters. The van der Waals surface area contributed by atoms with Crippen molar-refractivity contribution in [2.45, 2.75) is 32.7 Å². The van der Waals surface area contributed by atoms with Gasteiger partial charge in [-0.1, -0.05) is 6.92 Å². The van der Waals surface area contributed by atoms with Gasteiger partial charge in [-0.05, 0) is 6.42 Å². The van der Waals surface area contributed by atoms with E-state index in [-0.39, 0.29) is 80.9 Å². The summed E-state index contributed by atoms with van der Waals surface area (Å²) in [5.74, 6) is -0.658. The number of carbonyl (C=O) groups is 3. The molecule has 2 amide bonds. The van der Waals surface area contributed by atoms with Crippen LogP contribution in [0.15, 0.2) is 10.6 Å². The second-order valence-electron chi connectivity index (χ2n) is 4.90. The maximum absolute atomic E-state index is 11.9. The van der Waals surface area contributed by atoms with E-state index in [1.165, 1.54) is 23.6 Å². The van der Waals surface area contributed by atoms with Gasteiger partial charge in [-0.2, -0.15) is 0 Å². The average Bonchev–Trinajstić information content (AvgIpc) is 2.70. The summed E-state index contributed by atoms with van der Waals surface area (Å²) >= 11 is 1.41. The SMILES string of the molecule is CC[C@@H]1C(=O)N2C(C(=O)O)=C(SCCNC(C)=O)C[C@@H]12.[KH]. The first kappa shape index (κ1) is 19.2. The zero-order valence-corrected chi connectivity index (χ0v) is 12.3. The molecule has 0 aromatic rings. The van der Waals surface area contributed by atoms with E-state index in [2.05, 4.69) is 5.32 Å². The van der Waals surface area contributed by atoms with Gasteiger partial charge in [0.05, 0.1) is 12.0 Å². The molecule has 112 valence electrons. The van der Waals surface area contributed by atoms with Gasteiger partial charge >= 0.3 is 57.4 Å². The van der Waals surface area contributed by atoms with Gasteiger partial charge in [0, 0.05) is 30.5 Å². The Hall–Kier alpha value is 0.136. The van der Waals surface area contributed by atoms with Crippen LogP contribution in [0.3, 0.4) is 0 Å². The molecule has 0 aromatic carbocycles. The monoisotopic (exact) mass is 338 g/mol. The Morgan fingerprint density at radius 1 is 1.48 bits per heavy atom. The Bertz CT molecular complexity index is 495. The van der Waals surface area contributed by atoms with Crippen molar-refractivity contribution in [2.24, 2.45) is 5.92 Å². The van der Waals surface area contributed by atoms with Crippen molar-refractivity contribution in [2.75, 3.05) is 12.3 Å². The summed E-state index contributed by atoms with van der Waals surface area (Å²) in [7, 11) is 0. The van der Waals surface area contributed by atoms with E-state index < -0.39 is 5.97 Å². The third-order valence-electron chi connectivity index (χ3n) is 3.64. The molecule has 2 rings (SSSR count). The van der Waals surface area contributed by atoms with Gasteiger partial charge in [-0.25, -0.2) is 4.79 Å². The predicted molar refractivity (Wildman–Crippen MR) is 82.0 cm³/mol. The summed E-state index contributed by atoms with van der Waals surface area (Å²) in [5.41, 5.74) is 0.137. The Morgan fingerprint density at radius 2 is 2.14 bits per heavy atom. The van der Waals surface area contributed by atoms with E-state index in [0.717, 1.165) is 11.3 Å². The molecular formula is C13H19KN2O4S. The molecular weight excluding hydrogens is 319 g/mol. The number of carboxylic acid groups (broad SMARTS) is 1. The van der Waals surface area contributed by atoms with Crippen LogP contribution in [0, 0.1) is 5.92 Å². The van der Waals surface area contributed by atoms with Gasteiger partial charge in [0.2, 0.25) is 11.8 Å². The Labute approximate surface area is 170 Å². The molecule has 0 radical (unpaired) electrons. The van der Waals surface area contributed by atoms with Crippen LogP contribution in [-0.2, 0) is 14.4 Å². The van der Waals surface area contributed by atoms with Gasteiger partial charge in [-0.3, -0.25) is 9.59 Å². The van der Waals surface area contributed by atoms with Crippen LogP contribution in [0.1, 0.15) is 26.7 Å². The molecule has 0 bridgehead atoms. The van der Waals surface area contributed by atoms with Crippen molar-refractivity contribution < 1.29 is 19.5 Å². The second kappa shape index (κ2) is 8.12. The minimum atomic E-state index is -1.04. The first-order valence-electron chi connectivity index (χ1n) is 6.64. The number of carbonyl (C=O) groups excluding carboxylic acids is 2. The number of rotatable bonds is 6. The van der Waals surface area contributed by atoms with Crippen LogP contribution in [0.25, 0.3) is 0 Å². The van der Waals surface area contributed by atoms with Crippen molar-refractivity contribution in [3.8, 4) is 0 Å². The minimum absolute atomic E-state index is 0. The molecule has 6 nitrogen and oxygen atoms in total. The normalized spacial score (nSPS) is 23.3. The first-order valence-corrected chi connectivity index (χ1v) is 7.62. The molecule has 1 saturated heterocycles. The number of thioether (sulfide) groups is 1. The summed E-state index contributed by atoms with van der Waals surface area (Å²) in [4.78, 5) is 36.2. The molecule has 2 heterocycles. The molecule has 1 fully saturated rings. The number of aliphatic carboxylic acids is 1. The van der Waals surface area contributed by atoms with E-state index >= 15 is 0 Å².